The average Bonchev–Trinajstić information content (AvgIpc) is 2.77. The van der Waals surface area contributed by atoms with Crippen LogP contribution in [0.2, 0.25) is 5.02 Å². The Kier molecular flexibility index (Phi) is 5.99. The monoisotopic (exact) mass is 426 g/mol. The first-order valence-corrected chi connectivity index (χ1v) is 9.90. The smallest absolute Gasteiger partial charge is 0.322 e. The Morgan fingerprint density at radius 1 is 1.03 bits per heavy atom. The highest BCUT2D eigenvalue weighted by atomic mass is 35.5. The van der Waals surface area contributed by atoms with E-state index >= 15 is 0 Å². The molecule has 2 amide bonds. The van der Waals surface area contributed by atoms with Crippen LogP contribution in [0.4, 0.5) is 20.6 Å². The van der Waals surface area contributed by atoms with Gasteiger partial charge in [0.25, 0.3) is 0 Å². The standard InChI is InChI=1S/C22H20ClFN4O2/c23-16-2-1-3-19(14-16)27-10-12-28(13-11-27)22(29)26-18-6-9-21(25-15-18)30-20-7-4-17(24)5-8-20/h1-9,14-15H,10-13H2,(H,26,29). The fraction of sp³-hybridized carbons (Fsp3) is 0.182. The second kappa shape index (κ2) is 9.00. The lowest BCUT2D eigenvalue weighted by Gasteiger charge is -2.36. The first-order chi connectivity index (χ1) is 14.6. The van der Waals surface area contributed by atoms with Crippen LogP contribution < -0.4 is 15.0 Å². The molecule has 1 aliphatic rings. The molecule has 154 valence electrons. The molecule has 1 aromatic heterocycles. The minimum Gasteiger partial charge on any atom is -0.439 e. The van der Waals surface area contributed by atoms with E-state index in [0.29, 0.717) is 35.4 Å². The summed E-state index contributed by atoms with van der Waals surface area (Å²) in [6.45, 7) is 2.68. The number of amides is 2. The molecule has 1 aliphatic heterocycles. The summed E-state index contributed by atoms with van der Waals surface area (Å²) in [4.78, 5) is 20.7. The van der Waals surface area contributed by atoms with Crippen molar-refractivity contribution < 1.29 is 13.9 Å². The molecule has 0 bridgehead atoms. The zero-order valence-corrected chi connectivity index (χ0v) is 16.8. The van der Waals surface area contributed by atoms with Gasteiger partial charge >= 0.3 is 6.03 Å². The van der Waals surface area contributed by atoms with Gasteiger partial charge in [-0.15, -0.1) is 0 Å². The van der Waals surface area contributed by atoms with Gasteiger partial charge in [0.1, 0.15) is 11.6 Å². The number of hydrogen-bond donors (Lipinski definition) is 1. The summed E-state index contributed by atoms with van der Waals surface area (Å²) in [5.74, 6) is 0.509. The molecule has 30 heavy (non-hydrogen) atoms. The highest BCUT2D eigenvalue weighted by Gasteiger charge is 2.21. The summed E-state index contributed by atoms with van der Waals surface area (Å²) in [6.07, 6.45) is 1.53. The molecule has 0 aliphatic carbocycles. The Hall–Kier alpha value is -3.32. The molecule has 0 saturated carbocycles. The van der Waals surface area contributed by atoms with Crippen LogP contribution in [-0.4, -0.2) is 42.1 Å². The maximum Gasteiger partial charge on any atom is 0.322 e. The van der Waals surface area contributed by atoms with Crippen LogP contribution in [0.5, 0.6) is 11.6 Å². The van der Waals surface area contributed by atoms with Gasteiger partial charge in [0, 0.05) is 43.0 Å². The van der Waals surface area contributed by atoms with Gasteiger partial charge in [0.15, 0.2) is 0 Å². The summed E-state index contributed by atoms with van der Waals surface area (Å²) in [5, 5.41) is 3.55. The highest BCUT2D eigenvalue weighted by molar-refractivity contribution is 6.30. The minimum atomic E-state index is -0.332. The molecule has 0 atom stereocenters. The van der Waals surface area contributed by atoms with Crippen LogP contribution in [0, 0.1) is 5.82 Å². The van der Waals surface area contributed by atoms with Crippen molar-refractivity contribution in [3.8, 4) is 11.6 Å². The molecule has 1 N–H and O–H groups in total. The summed E-state index contributed by atoms with van der Waals surface area (Å²) in [7, 11) is 0. The second-order valence-corrected chi connectivity index (χ2v) is 7.26. The van der Waals surface area contributed by atoms with Gasteiger partial charge < -0.3 is 19.9 Å². The van der Waals surface area contributed by atoms with E-state index in [-0.39, 0.29) is 11.8 Å². The number of piperazine rings is 1. The van der Waals surface area contributed by atoms with Crippen molar-refractivity contribution in [3.63, 3.8) is 0 Å². The summed E-state index contributed by atoms with van der Waals surface area (Å²) < 4.78 is 18.5. The molecule has 4 rings (SSSR count). The van der Waals surface area contributed by atoms with Gasteiger partial charge in [-0.25, -0.2) is 14.2 Å². The van der Waals surface area contributed by atoms with Crippen molar-refractivity contribution in [1.82, 2.24) is 9.88 Å². The summed E-state index contributed by atoms with van der Waals surface area (Å²) in [6, 6.07) is 16.6. The van der Waals surface area contributed by atoms with Crippen molar-refractivity contribution in [3.05, 3.63) is 77.7 Å². The number of halogens is 2. The fourth-order valence-electron chi connectivity index (χ4n) is 3.18. The molecule has 3 aromatic rings. The number of nitrogens with one attached hydrogen (secondary N) is 1. The third-order valence-corrected chi connectivity index (χ3v) is 5.00. The predicted molar refractivity (Wildman–Crippen MR) is 115 cm³/mol. The van der Waals surface area contributed by atoms with E-state index < -0.39 is 0 Å². The number of benzene rings is 2. The summed E-state index contributed by atoms with van der Waals surface area (Å²) >= 11 is 6.07. The largest absolute Gasteiger partial charge is 0.439 e. The Bertz CT molecular complexity index is 1010. The lowest BCUT2D eigenvalue weighted by Crippen LogP contribution is -2.50. The highest BCUT2D eigenvalue weighted by Crippen LogP contribution is 2.22. The van der Waals surface area contributed by atoms with Gasteiger partial charge in [0.05, 0.1) is 11.9 Å². The van der Waals surface area contributed by atoms with Crippen LogP contribution in [0.25, 0.3) is 0 Å². The van der Waals surface area contributed by atoms with E-state index in [0.717, 1.165) is 18.8 Å². The van der Waals surface area contributed by atoms with Crippen molar-refractivity contribution >= 4 is 29.0 Å². The number of carbonyl (C=O) groups excluding carboxylic acids is 1. The van der Waals surface area contributed by atoms with Crippen LogP contribution in [0.1, 0.15) is 0 Å². The third kappa shape index (κ3) is 4.99. The minimum absolute atomic E-state index is 0.172. The number of hydrogen-bond acceptors (Lipinski definition) is 4. The number of nitrogens with zero attached hydrogens (tertiary/aromatic N) is 3. The van der Waals surface area contributed by atoms with Gasteiger partial charge in [0.2, 0.25) is 5.88 Å². The lowest BCUT2D eigenvalue weighted by atomic mass is 10.2. The first kappa shape index (κ1) is 20.0. The first-order valence-electron chi connectivity index (χ1n) is 9.53. The van der Waals surface area contributed by atoms with Crippen molar-refractivity contribution in [2.75, 3.05) is 36.4 Å². The fourth-order valence-corrected chi connectivity index (χ4v) is 3.37. The van der Waals surface area contributed by atoms with Gasteiger partial charge in [-0.1, -0.05) is 17.7 Å². The lowest BCUT2D eigenvalue weighted by molar-refractivity contribution is 0.208. The number of carbonyl (C=O) groups is 1. The van der Waals surface area contributed by atoms with Crippen molar-refractivity contribution in [2.45, 2.75) is 0 Å². The average molecular weight is 427 g/mol. The van der Waals surface area contributed by atoms with Crippen LogP contribution in [0.3, 0.4) is 0 Å². The van der Waals surface area contributed by atoms with E-state index in [1.54, 1.807) is 17.0 Å². The van der Waals surface area contributed by atoms with Crippen LogP contribution in [-0.2, 0) is 0 Å². The van der Waals surface area contributed by atoms with Crippen LogP contribution in [0.15, 0.2) is 66.9 Å². The number of rotatable bonds is 4. The topological polar surface area (TPSA) is 57.7 Å². The zero-order chi connectivity index (χ0) is 20.9. The normalized spacial score (nSPS) is 13.8. The molecular weight excluding hydrogens is 407 g/mol. The quantitative estimate of drug-likeness (QED) is 0.636. The molecule has 0 spiro atoms. The number of ether oxygens (including phenoxy) is 1. The number of pyridine rings is 1. The molecule has 1 saturated heterocycles. The Morgan fingerprint density at radius 2 is 1.80 bits per heavy atom. The molecule has 0 unspecified atom stereocenters. The molecule has 0 radical (unpaired) electrons. The number of anilines is 2. The SMILES string of the molecule is O=C(Nc1ccc(Oc2ccc(F)cc2)nc1)N1CCN(c2cccc(Cl)c2)CC1. The second-order valence-electron chi connectivity index (χ2n) is 6.83. The van der Waals surface area contributed by atoms with E-state index in [2.05, 4.69) is 15.2 Å². The van der Waals surface area contributed by atoms with Gasteiger partial charge in [-0.2, -0.15) is 0 Å². The molecule has 8 heteroatoms. The van der Waals surface area contributed by atoms with Crippen LogP contribution >= 0.6 is 11.6 Å². The number of aromatic nitrogens is 1. The summed E-state index contributed by atoms with van der Waals surface area (Å²) in [5.41, 5.74) is 1.63. The molecule has 6 nitrogen and oxygen atoms in total. The molecular formula is C22H20ClFN4O2. The van der Waals surface area contributed by atoms with Gasteiger partial charge in [-0.3, -0.25) is 0 Å². The zero-order valence-electron chi connectivity index (χ0n) is 16.1. The Labute approximate surface area is 178 Å². The Morgan fingerprint density at radius 3 is 2.47 bits per heavy atom. The van der Waals surface area contributed by atoms with Gasteiger partial charge in [-0.05, 0) is 48.5 Å². The third-order valence-electron chi connectivity index (χ3n) is 4.76. The predicted octanol–water partition coefficient (Wildman–Crippen LogP) is 5.02. The van der Waals surface area contributed by atoms with Crippen molar-refractivity contribution in [2.24, 2.45) is 0 Å². The maximum absolute atomic E-state index is 13.0. The maximum atomic E-state index is 13.0. The number of urea groups is 1. The molecule has 1 fully saturated rings. The van der Waals surface area contributed by atoms with E-state index in [1.807, 2.05) is 24.3 Å². The molecule has 2 heterocycles. The molecule has 2 aromatic carbocycles. The van der Waals surface area contributed by atoms with E-state index in [4.69, 9.17) is 16.3 Å². The Balaban J connectivity index is 1.29. The van der Waals surface area contributed by atoms with Crippen molar-refractivity contribution in [1.29, 1.82) is 0 Å². The van der Waals surface area contributed by atoms with E-state index in [9.17, 15) is 9.18 Å². The van der Waals surface area contributed by atoms with E-state index in [1.165, 1.54) is 30.5 Å².